The van der Waals surface area contributed by atoms with Crippen LogP contribution in [-0.2, 0) is 11.2 Å². The minimum atomic E-state index is 0.0744. The Balaban J connectivity index is 2.60. The molecule has 0 aromatic carbocycles. The van der Waals surface area contributed by atoms with Crippen LogP contribution in [0.5, 0.6) is 0 Å². The summed E-state index contributed by atoms with van der Waals surface area (Å²) in [6, 6.07) is 0. The third-order valence-electron chi connectivity index (χ3n) is 1.37. The molecule has 0 amide bonds. The van der Waals surface area contributed by atoms with Crippen LogP contribution in [0.15, 0.2) is 17.0 Å². The number of aromatic nitrogens is 1. The Morgan fingerprint density at radius 2 is 2.38 bits per heavy atom. The summed E-state index contributed by atoms with van der Waals surface area (Å²) in [7, 11) is 0. The molecule has 0 bridgehead atoms. The molecule has 1 aromatic heterocycles. The van der Waals surface area contributed by atoms with Gasteiger partial charge in [0.1, 0.15) is 0 Å². The molecular formula is C9H12N2OS. The quantitative estimate of drug-likeness (QED) is 0.750. The van der Waals surface area contributed by atoms with E-state index in [1.165, 1.54) is 11.3 Å². The van der Waals surface area contributed by atoms with Crippen LogP contribution in [0.4, 0.5) is 5.13 Å². The van der Waals surface area contributed by atoms with Gasteiger partial charge in [-0.3, -0.25) is 4.79 Å². The maximum atomic E-state index is 11.3. The van der Waals surface area contributed by atoms with Crippen molar-refractivity contribution in [2.45, 2.75) is 20.3 Å². The Hall–Kier alpha value is -1.16. The van der Waals surface area contributed by atoms with E-state index < -0.39 is 0 Å². The fourth-order valence-electron chi connectivity index (χ4n) is 0.955. The van der Waals surface area contributed by atoms with Gasteiger partial charge in [0.25, 0.3) is 0 Å². The van der Waals surface area contributed by atoms with Crippen LogP contribution in [0.2, 0.25) is 0 Å². The number of ketones is 1. The van der Waals surface area contributed by atoms with E-state index in [1.54, 1.807) is 6.08 Å². The lowest BCUT2D eigenvalue weighted by Crippen LogP contribution is -1.99. The fraction of sp³-hybridized carbons (Fsp3) is 0.333. The summed E-state index contributed by atoms with van der Waals surface area (Å²) < 4.78 is 0. The molecule has 0 aliphatic rings. The van der Waals surface area contributed by atoms with Crippen LogP contribution in [0.3, 0.4) is 0 Å². The standard InChI is InChI=1S/C9H12N2OS/c1-6(2)3-8(12)4-7-5-13-9(10)11-7/h3,5H,4H2,1-2H3,(H2,10,11). The maximum absolute atomic E-state index is 11.3. The van der Waals surface area contributed by atoms with Gasteiger partial charge in [-0.15, -0.1) is 11.3 Å². The molecule has 0 unspecified atom stereocenters. The van der Waals surface area contributed by atoms with E-state index in [2.05, 4.69) is 4.98 Å². The van der Waals surface area contributed by atoms with Gasteiger partial charge in [0, 0.05) is 5.38 Å². The predicted octanol–water partition coefficient (Wildman–Crippen LogP) is 1.80. The Bertz CT molecular complexity index is 337. The molecule has 1 rings (SSSR count). The molecule has 0 saturated carbocycles. The van der Waals surface area contributed by atoms with Crippen LogP contribution in [0.25, 0.3) is 0 Å². The van der Waals surface area contributed by atoms with Crippen LogP contribution >= 0.6 is 11.3 Å². The van der Waals surface area contributed by atoms with Gasteiger partial charge >= 0.3 is 0 Å². The Morgan fingerprint density at radius 3 is 2.85 bits per heavy atom. The van der Waals surface area contributed by atoms with Gasteiger partial charge in [0.05, 0.1) is 12.1 Å². The molecule has 0 saturated heterocycles. The fourth-order valence-corrected chi connectivity index (χ4v) is 1.52. The zero-order valence-electron chi connectivity index (χ0n) is 7.70. The number of allylic oxidation sites excluding steroid dienone is 2. The van der Waals surface area contributed by atoms with Crippen molar-refractivity contribution in [1.29, 1.82) is 0 Å². The van der Waals surface area contributed by atoms with Crippen molar-refractivity contribution >= 4 is 22.3 Å². The molecule has 0 atom stereocenters. The zero-order chi connectivity index (χ0) is 9.84. The summed E-state index contributed by atoms with van der Waals surface area (Å²) in [4.78, 5) is 15.3. The average molecular weight is 196 g/mol. The normalized spacial score (nSPS) is 9.69. The van der Waals surface area contributed by atoms with Crippen LogP contribution in [0, 0.1) is 0 Å². The number of rotatable bonds is 3. The monoisotopic (exact) mass is 196 g/mol. The Kier molecular flexibility index (Phi) is 3.19. The summed E-state index contributed by atoms with van der Waals surface area (Å²) in [6.07, 6.45) is 1.97. The largest absolute Gasteiger partial charge is 0.375 e. The third-order valence-corrected chi connectivity index (χ3v) is 2.10. The minimum absolute atomic E-state index is 0.0744. The van der Waals surface area contributed by atoms with Crippen molar-refractivity contribution in [2.75, 3.05) is 5.73 Å². The van der Waals surface area contributed by atoms with E-state index in [-0.39, 0.29) is 5.78 Å². The summed E-state index contributed by atoms with van der Waals surface area (Å²) in [5.74, 6) is 0.0744. The summed E-state index contributed by atoms with van der Waals surface area (Å²) in [5, 5.41) is 2.33. The molecule has 0 aliphatic carbocycles. The number of hydrogen-bond donors (Lipinski definition) is 1. The molecular weight excluding hydrogens is 184 g/mol. The lowest BCUT2D eigenvalue weighted by atomic mass is 10.2. The molecule has 1 heterocycles. The Labute approximate surface area is 81.3 Å². The van der Waals surface area contributed by atoms with Gasteiger partial charge in [-0.25, -0.2) is 4.98 Å². The number of hydrogen-bond acceptors (Lipinski definition) is 4. The highest BCUT2D eigenvalue weighted by Crippen LogP contribution is 2.11. The topological polar surface area (TPSA) is 56.0 Å². The van der Waals surface area contributed by atoms with Crippen LogP contribution in [0.1, 0.15) is 19.5 Å². The molecule has 4 heteroatoms. The number of nitrogens with zero attached hydrogens (tertiary/aromatic N) is 1. The lowest BCUT2D eigenvalue weighted by Gasteiger charge is -1.91. The third kappa shape index (κ3) is 3.38. The number of carbonyl (C=O) groups is 1. The first-order valence-electron chi connectivity index (χ1n) is 3.95. The van der Waals surface area contributed by atoms with Crippen molar-refractivity contribution in [2.24, 2.45) is 0 Å². The second kappa shape index (κ2) is 4.18. The molecule has 0 fully saturated rings. The molecule has 3 nitrogen and oxygen atoms in total. The zero-order valence-corrected chi connectivity index (χ0v) is 8.52. The highest BCUT2D eigenvalue weighted by molar-refractivity contribution is 7.13. The van der Waals surface area contributed by atoms with E-state index in [0.29, 0.717) is 11.6 Å². The molecule has 0 aliphatic heterocycles. The first kappa shape index (κ1) is 9.92. The van der Waals surface area contributed by atoms with Crippen molar-refractivity contribution in [1.82, 2.24) is 4.98 Å². The highest BCUT2D eigenvalue weighted by Gasteiger charge is 2.03. The van der Waals surface area contributed by atoms with E-state index in [4.69, 9.17) is 5.73 Å². The smallest absolute Gasteiger partial charge is 0.180 e. The van der Waals surface area contributed by atoms with E-state index in [0.717, 1.165) is 11.3 Å². The van der Waals surface area contributed by atoms with Gasteiger partial charge in [-0.1, -0.05) is 5.57 Å². The molecule has 2 N–H and O–H groups in total. The van der Waals surface area contributed by atoms with Crippen molar-refractivity contribution in [3.8, 4) is 0 Å². The van der Waals surface area contributed by atoms with E-state index in [1.807, 2.05) is 19.2 Å². The number of anilines is 1. The van der Waals surface area contributed by atoms with E-state index >= 15 is 0 Å². The molecule has 0 spiro atoms. The first-order chi connectivity index (χ1) is 6.08. The Morgan fingerprint density at radius 1 is 1.69 bits per heavy atom. The SMILES string of the molecule is CC(C)=CC(=O)Cc1csc(N)n1. The molecule has 70 valence electrons. The lowest BCUT2D eigenvalue weighted by molar-refractivity contribution is -0.114. The van der Waals surface area contributed by atoms with Gasteiger partial charge in [-0.05, 0) is 19.9 Å². The first-order valence-corrected chi connectivity index (χ1v) is 4.83. The number of nitrogen functional groups attached to an aromatic ring is 1. The van der Waals surface area contributed by atoms with Crippen molar-refractivity contribution < 1.29 is 4.79 Å². The van der Waals surface area contributed by atoms with Gasteiger partial charge in [-0.2, -0.15) is 0 Å². The van der Waals surface area contributed by atoms with Gasteiger partial charge < -0.3 is 5.73 Å². The second-order valence-electron chi connectivity index (χ2n) is 3.04. The second-order valence-corrected chi connectivity index (χ2v) is 3.93. The highest BCUT2D eigenvalue weighted by atomic mass is 32.1. The van der Waals surface area contributed by atoms with Crippen LogP contribution < -0.4 is 5.73 Å². The number of carbonyl (C=O) groups excluding carboxylic acids is 1. The average Bonchev–Trinajstić information content (AvgIpc) is 2.33. The van der Waals surface area contributed by atoms with Crippen molar-refractivity contribution in [3.05, 3.63) is 22.7 Å². The predicted molar refractivity (Wildman–Crippen MR) is 54.7 cm³/mol. The van der Waals surface area contributed by atoms with Crippen molar-refractivity contribution in [3.63, 3.8) is 0 Å². The summed E-state index contributed by atoms with van der Waals surface area (Å²) in [6.45, 7) is 3.79. The maximum Gasteiger partial charge on any atom is 0.180 e. The number of thiazole rings is 1. The molecule has 0 radical (unpaired) electrons. The molecule has 1 aromatic rings. The molecule has 13 heavy (non-hydrogen) atoms. The van der Waals surface area contributed by atoms with Crippen LogP contribution in [-0.4, -0.2) is 10.8 Å². The number of nitrogens with two attached hydrogens (primary N) is 1. The summed E-state index contributed by atoms with van der Waals surface area (Å²) >= 11 is 1.36. The van der Waals surface area contributed by atoms with Gasteiger partial charge in [0.2, 0.25) is 0 Å². The minimum Gasteiger partial charge on any atom is -0.375 e. The summed E-state index contributed by atoms with van der Waals surface area (Å²) in [5.41, 5.74) is 7.20. The van der Waals surface area contributed by atoms with E-state index in [9.17, 15) is 4.79 Å². The van der Waals surface area contributed by atoms with Gasteiger partial charge in [0.15, 0.2) is 10.9 Å².